The molecule has 0 aliphatic rings. The Morgan fingerprint density at radius 3 is 2.94 bits per heavy atom. The molecule has 2 aromatic rings. The SMILES string of the molecule is COc1ncnc(NCc2nncn2C)c1N. The van der Waals surface area contributed by atoms with Gasteiger partial charge in [0.2, 0.25) is 5.88 Å². The zero-order valence-electron chi connectivity index (χ0n) is 9.58. The molecule has 0 aromatic carbocycles. The third-order valence-corrected chi connectivity index (χ3v) is 2.26. The van der Waals surface area contributed by atoms with E-state index in [1.54, 1.807) is 6.33 Å². The van der Waals surface area contributed by atoms with E-state index in [1.165, 1.54) is 13.4 Å². The first kappa shape index (κ1) is 11.1. The summed E-state index contributed by atoms with van der Waals surface area (Å²) in [6.07, 6.45) is 3.01. The van der Waals surface area contributed by atoms with Gasteiger partial charge in [0.25, 0.3) is 0 Å². The standard InChI is InChI=1S/C9H13N7O/c1-16-5-14-15-6(16)3-11-8-7(10)9(17-2)13-4-12-8/h4-5H,3,10H2,1-2H3,(H,11,12,13). The highest BCUT2D eigenvalue weighted by atomic mass is 16.5. The molecule has 2 rings (SSSR count). The van der Waals surface area contributed by atoms with Crippen molar-refractivity contribution >= 4 is 11.5 Å². The number of nitrogen functional groups attached to an aromatic ring is 1. The molecule has 0 radical (unpaired) electrons. The Hall–Kier alpha value is -2.38. The first-order chi connectivity index (χ1) is 8.22. The number of nitrogens with zero attached hydrogens (tertiary/aromatic N) is 5. The molecule has 0 bridgehead atoms. The maximum atomic E-state index is 5.82. The number of hydrogen-bond acceptors (Lipinski definition) is 7. The van der Waals surface area contributed by atoms with Gasteiger partial charge >= 0.3 is 0 Å². The normalized spacial score (nSPS) is 10.2. The van der Waals surface area contributed by atoms with E-state index in [0.717, 1.165) is 5.82 Å². The van der Waals surface area contributed by atoms with Crippen molar-refractivity contribution in [1.82, 2.24) is 24.7 Å². The minimum Gasteiger partial charge on any atom is -0.479 e. The minimum absolute atomic E-state index is 0.348. The highest BCUT2D eigenvalue weighted by Crippen LogP contribution is 2.23. The Morgan fingerprint density at radius 2 is 2.29 bits per heavy atom. The van der Waals surface area contributed by atoms with Crippen LogP contribution in [-0.4, -0.2) is 31.8 Å². The number of nitrogens with two attached hydrogens (primary N) is 1. The van der Waals surface area contributed by atoms with Gasteiger partial charge in [-0.1, -0.05) is 0 Å². The van der Waals surface area contributed by atoms with E-state index in [1.807, 2.05) is 11.6 Å². The summed E-state index contributed by atoms with van der Waals surface area (Å²) >= 11 is 0. The lowest BCUT2D eigenvalue weighted by Gasteiger charge is -2.09. The summed E-state index contributed by atoms with van der Waals surface area (Å²) in [5, 5.41) is 10.8. The Morgan fingerprint density at radius 1 is 1.47 bits per heavy atom. The molecule has 0 amide bonds. The van der Waals surface area contributed by atoms with Crippen LogP contribution in [0.1, 0.15) is 5.82 Å². The van der Waals surface area contributed by atoms with Crippen molar-refractivity contribution < 1.29 is 4.74 Å². The number of rotatable bonds is 4. The molecule has 0 unspecified atom stereocenters. The van der Waals surface area contributed by atoms with E-state index in [9.17, 15) is 0 Å². The Balaban J connectivity index is 2.12. The average Bonchev–Trinajstić information content (AvgIpc) is 2.74. The molecular weight excluding hydrogens is 222 g/mol. The van der Waals surface area contributed by atoms with Crippen molar-refractivity contribution in [2.24, 2.45) is 7.05 Å². The molecule has 17 heavy (non-hydrogen) atoms. The van der Waals surface area contributed by atoms with Gasteiger partial charge in [-0.15, -0.1) is 10.2 Å². The summed E-state index contributed by atoms with van der Waals surface area (Å²) in [4.78, 5) is 7.92. The van der Waals surface area contributed by atoms with Gasteiger partial charge in [-0.3, -0.25) is 0 Å². The van der Waals surface area contributed by atoms with Crippen LogP contribution in [0.2, 0.25) is 0 Å². The van der Waals surface area contributed by atoms with Crippen LogP contribution in [-0.2, 0) is 13.6 Å². The van der Waals surface area contributed by atoms with Crippen molar-refractivity contribution in [2.75, 3.05) is 18.2 Å². The summed E-state index contributed by atoms with van der Waals surface area (Å²) in [6, 6.07) is 0. The van der Waals surface area contributed by atoms with E-state index in [4.69, 9.17) is 10.5 Å². The first-order valence-electron chi connectivity index (χ1n) is 4.93. The highest BCUT2D eigenvalue weighted by molar-refractivity contribution is 5.66. The van der Waals surface area contributed by atoms with Crippen molar-refractivity contribution in [3.8, 4) is 5.88 Å². The van der Waals surface area contributed by atoms with Crippen LogP contribution in [0.5, 0.6) is 5.88 Å². The van der Waals surface area contributed by atoms with Crippen molar-refractivity contribution in [2.45, 2.75) is 6.54 Å². The molecule has 8 nitrogen and oxygen atoms in total. The molecule has 0 aliphatic heterocycles. The molecule has 0 aliphatic carbocycles. The summed E-state index contributed by atoms with van der Waals surface area (Å²) in [5.74, 6) is 1.64. The third kappa shape index (κ3) is 2.25. The number of hydrogen-bond donors (Lipinski definition) is 2. The van der Waals surface area contributed by atoms with Crippen LogP contribution < -0.4 is 15.8 Å². The van der Waals surface area contributed by atoms with Gasteiger partial charge in [-0.05, 0) is 0 Å². The second-order valence-corrected chi connectivity index (χ2v) is 3.36. The third-order valence-electron chi connectivity index (χ3n) is 2.26. The number of aryl methyl sites for hydroxylation is 1. The van der Waals surface area contributed by atoms with E-state index < -0.39 is 0 Å². The number of anilines is 2. The van der Waals surface area contributed by atoms with Crippen molar-refractivity contribution in [3.05, 3.63) is 18.5 Å². The Bertz CT molecular complexity index is 510. The summed E-state index contributed by atoms with van der Waals surface area (Å²) in [7, 11) is 3.37. The maximum absolute atomic E-state index is 5.82. The molecule has 2 heterocycles. The first-order valence-corrected chi connectivity index (χ1v) is 4.93. The lowest BCUT2D eigenvalue weighted by molar-refractivity contribution is 0.399. The molecule has 0 atom stereocenters. The van der Waals surface area contributed by atoms with E-state index in [2.05, 4.69) is 25.5 Å². The van der Waals surface area contributed by atoms with Gasteiger partial charge in [0, 0.05) is 7.05 Å². The molecule has 8 heteroatoms. The lowest BCUT2D eigenvalue weighted by Crippen LogP contribution is -2.09. The van der Waals surface area contributed by atoms with E-state index >= 15 is 0 Å². The number of nitrogens with one attached hydrogen (secondary N) is 1. The molecule has 3 N–H and O–H groups in total. The van der Waals surface area contributed by atoms with Crippen LogP contribution in [0.25, 0.3) is 0 Å². The Labute approximate surface area is 97.9 Å². The van der Waals surface area contributed by atoms with Crippen molar-refractivity contribution in [3.63, 3.8) is 0 Å². The van der Waals surface area contributed by atoms with Gasteiger partial charge < -0.3 is 20.4 Å². The van der Waals surface area contributed by atoms with Gasteiger partial charge in [0.1, 0.15) is 18.3 Å². The molecule has 0 saturated carbocycles. The number of aromatic nitrogens is 5. The molecule has 2 aromatic heterocycles. The lowest BCUT2D eigenvalue weighted by atomic mass is 10.4. The fraction of sp³-hybridized carbons (Fsp3) is 0.333. The average molecular weight is 235 g/mol. The second kappa shape index (κ2) is 4.64. The zero-order chi connectivity index (χ0) is 12.3. The van der Waals surface area contributed by atoms with Gasteiger partial charge in [-0.25, -0.2) is 4.98 Å². The monoisotopic (exact) mass is 235 g/mol. The molecular formula is C9H13N7O. The summed E-state index contributed by atoms with van der Waals surface area (Å²) < 4.78 is 6.80. The highest BCUT2D eigenvalue weighted by Gasteiger charge is 2.08. The fourth-order valence-electron chi connectivity index (χ4n) is 1.31. The molecule has 0 spiro atoms. The van der Waals surface area contributed by atoms with Crippen LogP contribution in [0, 0.1) is 0 Å². The summed E-state index contributed by atoms with van der Waals surface area (Å²) in [6.45, 7) is 0.473. The zero-order valence-corrected chi connectivity index (χ0v) is 9.58. The van der Waals surface area contributed by atoms with Gasteiger partial charge in [-0.2, -0.15) is 4.98 Å². The van der Waals surface area contributed by atoms with Crippen LogP contribution in [0.3, 0.4) is 0 Å². The van der Waals surface area contributed by atoms with Crippen molar-refractivity contribution in [1.29, 1.82) is 0 Å². The van der Waals surface area contributed by atoms with Gasteiger partial charge in [0.05, 0.1) is 13.7 Å². The van der Waals surface area contributed by atoms with E-state index in [0.29, 0.717) is 23.9 Å². The topological polar surface area (TPSA) is 104 Å². The Kier molecular flexibility index (Phi) is 3.03. The van der Waals surface area contributed by atoms with Crippen LogP contribution >= 0.6 is 0 Å². The maximum Gasteiger partial charge on any atom is 0.242 e. The van der Waals surface area contributed by atoms with Gasteiger partial charge in [0.15, 0.2) is 11.6 Å². The predicted octanol–water partition coefficient (Wildman–Crippen LogP) is -0.192. The quantitative estimate of drug-likeness (QED) is 0.756. The number of methoxy groups -OCH3 is 1. The smallest absolute Gasteiger partial charge is 0.242 e. The second-order valence-electron chi connectivity index (χ2n) is 3.36. The molecule has 90 valence electrons. The summed E-state index contributed by atoms with van der Waals surface area (Å²) in [5.41, 5.74) is 6.19. The van der Waals surface area contributed by atoms with Crippen LogP contribution in [0.15, 0.2) is 12.7 Å². The van der Waals surface area contributed by atoms with Crippen LogP contribution in [0.4, 0.5) is 11.5 Å². The molecule has 0 fully saturated rings. The number of ether oxygens (including phenoxy) is 1. The van der Waals surface area contributed by atoms with E-state index in [-0.39, 0.29) is 0 Å². The minimum atomic E-state index is 0.348. The molecule has 0 saturated heterocycles. The fourth-order valence-corrected chi connectivity index (χ4v) is 1.31. The largest absolute Gasteiger partial charge is 0.479 e. The predicted molar refractivity (Wildman–Crippen MR) is 61.3 cm³/mol.